The van der Waals surface area contributed by atoms with Gasteiger partial charge in [0.2, 0.25) is 0 Å². The van der Waals surface area contributed by atoms with Crippen LogP contribution in [0.25, 0.3) is 0 Å². The number of alkyl halides is 3. The molecule has 0 aromatic carbocycles. The number of hydrogen-bond donors (Lipinski definition) is 2. The molecule has 9 heteroatoms. The van der Waals surface area contributed by atoms with Crippen LogP contribution in [0.4, 0.5) is 18.0 Å². The lowest BCUT2D eigenvalue weighted by Crippen LogP contribution is -2.42. The quantitative estimate of drug-likeness (QED) is 0.802. The topological polar surface area (TPSA) is 78.9 Å². The number of likely N-dealkylation sites (tertiary alicyclic amines) is 1. The molecule has 0 saturated carbocycles. The fourth-order valence-corrected chi connectivity index (χ4v) is 2.26. The van der Waals surface area contributed by atoms with Crippen LogP contribution >= 0.6 is 0 Å². The molecule has 6 nitrogen and oxygen atoms in total. The maximum absolute atomic E-state index is 12.8. The van der Waals surface area contributed by atoms with Crippen molar-refractivity contribution in [2.45, 2.75) is 25.6 Å². The Hall–Kier alpha value is -1.51. The van der Waals surface area contributed by atoms with E-state index in [1.165, 1.54) is 7.11 Å². The van der Waals surface area contributed by atoms with Gasteiger partial charge in [-0.2, -0.15) is 13.2 Å². The van der Waals surface area contributed by atoms with Crippen LogP contribution in [0.3, 0.4) is 0 Å². The molecular weight excluding hydrogens is 293 g/mol. The van der Waals surface area contributed by atoms with Crippen molar-refractivity contribution in [2.24, 2.45) is 11.8 Å². The molecule has 0 bridgehead atoms. The molecule has 0 radical (unpaired) electrons. The molecule has 0 aromatic rings. The average molecular weight is 312 g/mol. The number of halogens is 3. The first kappa shape index (κ1) is 17.5. The number of methoxy groups -OCH3 is 1. The van der Waals surface area contributed by atoms with Crippen LogP contribution in [-0.2, 0) is 9.53 Å². The summed E-state index contributed by atoms with van der Waals surface area (Å²) in [6.45, 7) is 0.915. The van der Waals surface area contributed by atoms with E-state index in [4.69, 9.17) is 9.84 Å². The molecule has 122 valence electrons. The molecule has 3 atom stereocenters. The number of ether oxygens (including phenoxy) is 1. The number of rotatable bonds is 5. The Kier molecular flexibility index (Phi) is 5.82. The standard InChI is InChI=1S/C12H19F3N2O4/c1-3-7(21-2)4-16-11(20)17-5-8(10(18)19)9(6-17)12(13,14)15/h7-9H,3-6H2,1-2H3,(H,16,20)(H,18,19)/t7?,8-,9-/m1/s1. The van der Waals surface area contributed by atoms with E-state index in [2.05, 4.69) is 5.32 Å². The lowest BCUT2D eigenvalue weighted by atomic mass is 9.96. The highest BCUT2D eigenvalue weighted by Crippen LogP contribution is 2.37. The number of aliphatic carboxylic acids is 1. The highest BCUT2D eigenvalue weighted by Gasteiger charge is 2.53. The van der Waals surface area contributed by atoms with Gasteiger partial charge in [-0.05, 0) is 6.42 Å². The van der Waals surface area contributed by atoms with Crippen LogP contribution in [0.2, 0.25) is 0 Å². The van der Waals surface area contributed by atoms with Crippen LogP contribution in [0.15, 0.2) is 0 Å². The van der Waals surface area contributed by atoms with Gasteiger partial charge in [-0.1, -0.05) is 6.92 Å². The minimum absolute atomic E-state index is 0.163. The first-order valence-corrected chi connectivity index (χ1v) is 6.55. The van der Waals surface area contributed by atoms with Gasteiger partial charge in [0.1, 0.15) is 0 Å². The zero-order valence-electron chi connectivity index (χ0n) is 11.8. The van der Waals surface area contributed by atoms with E-state index in [9.17, 15) is 22.8 Å². The Balaban J connectivity index is 2.65. The van der Waals surface area contributed by atoms with Gasteiger partial charge in [-0.15, -0.1) is 0 Å². The van der Waals surface area contributed by atoms with Crippen molar-refractivity contribution in [3.8, 4) is 0 Å². The van der Waals surface area contributed by atoms with Crippen molar-refractivity contribution >= 4 is 12.0 Å². The average Bonchev–Trinajstić information content (AvgIpc) is 2.84. The lowest BCUT2D eigenvalue weighted by molar-refractivity contribution is -0.187. The SMILES string of the molecule is CCC(CNC(=O)N1C[C@@H](C(F)(F)F)[C@H](C(=O)O)C1)OC. The van der Waals surface area contributed by atoms with Crippen LogP contribution < -0.4 is 5.32 Å². The molecule has 1 saturated heterocycles. The Morgan fingerprint density at radius 1 is 1.43 bits per heavy atom. The highest BCUT2D eigenvalue weighted by atomic mass is 19.4. The first-order valence-electron chi connectivity index (χ1n) is 6.55. The van der Waals surface area contributed by atoms with Crippen molar-refractivity contribution in [1.29, 1.82) is 0 Å². The zero-order valence-corrected chi connectivity index (χ0v) is 11.8. The fraction of sp³-hybridized carbons (Fsp3) is 0.833. The first-order chi connectivity index (χ1) is 9.70. The minimum atomic E-state index is -4.64. The molecule has 2 amide bonds. The second-order valence-corrected chi connectivity index (χ2v) is 4.95. The van der Waals surface area contributed by atoms with Crippen molar-refractivity contribution in [3.63, 3.8) is 0 Å². The number of carboxylic acid groups (broad SMARTS) is 1. The summed E-state index contributed by atoms with van der Waals surface area (Å²) in [5, 5.41) is 11.3. The van der Waals surface area contributed by atoms with Crippen LogP contribution in [0.5, 0.6) is 0 Å². The summed E-state index contributed by atoms with van der Waals surface area (Å²) in [5.41, 5.74) is 0. The largest absolute Gasteiger partial charge is 0.481 e. The molecule has 2 N–H and O–H groups in total. The van der Waals surface area contributed by atoms with E-state index in [1.54, 1.807) is 0 Å². The monoisotopic (exact) mass is 312 g/mol. The number of carbonyl (C=O) groups is 2. The number of hydrogen-bond acceptors (Lipinski definition) is 3. The van der Waals surface area contributed by atoms with E-state index in [0.29, 0.717) is 6.42 Å². The van der Waals surface area contributed by atoms with E-state index in [1.807, 2.05) is 6.92 Å². The van der Waals surface area contributed by atoms with E-state index in [-0.39, 0.29) is 12.6 Å². The Bertz CT molecular complexity index is 385. The number of carboxylic acids is 1. The number of amides is 2. The number of nitrogens with one attached hydrogen (secondary N) is 1. The van der Waals surface area contributed by atoms with Gasteiger partial charge in [0.25, 0.3) is 0 Å². The predicted octanol–water partition coefficient (Wildman–Crippen LogP) is 1.32. The molecule has 1 unspecified atom stereocenters. The summed E-state index contributed by atoms with van der Waals surface area (Å²) in [7, 11) is 1.47. The van der Waals surface area contributed by atoms with Crippen LogP contribution in [0.1, 0.15) is 13.3 Å². The number of nitrogens with zero attached hydrogens (tertiary/aromatic N) is 1. The Morgan fingerprint density at radius 2 is 2.05 bits per heavy atom. The van der Waals surface area contributed by atoms with Crippen molar-refractivity contribution in [2.75, 3.05) is 26.7 Å². The molecule has 21 heavy (non-hydrogen) atoms. The molecule has 0 aromatic heterocycles. The second-order valence-electron chi connectivity index (χ2n) is 4.95. The molecular formula is C12H19F3N2O4. The van der Waals surface area contributed by atoms with Crippen molar-refractivity contribution in [3.05, 3.63) is 0 Å². The highest BCUT2D eigenvalue weighted by molar-refractivity contribution is 5.77. The summed E-state index contributed by atoms with van der Waals surface area (Å²) < 4.78 is 43.4. The maximum atomic E-state index is 12.8. The molecule has 1 aliphatic heterocycles. The van der Waals surface area contributed by atoms with Gasteiger partial charge < -0.3 is 20.1 Å². The molecule has 1 rings (SSSR count). The van der Waals surface area contributed by atoms with E-state index >= 15 is 0 Å². The summed E-state index contributed by atoms with van der Waals surface area (Å²) in [6, 6.07) is -0.705. The number of urea groups is 1. The fourth-order valence-electron chi connectivity index (χ4n) is 2.26. The molecule has 1 fully saturated rings. The van der Waals surface area contributed by atoms with Crippen LogP contribution in [0, 0.1) is 11.8 Å². The molecule has 1 aliphatic rings. The third-order valence-corrected chi connectivity index (χ3v) is 3.61. The van der Waals surface area contributed by atoms with Crippen LogP contribution in [-0.4, -0.2) is 61.0 Å². The summed E-state index contributed by atoms with van der Waals surface area (Å²) in [6.07, 6.45) is -4.23. The Morgan fingerprint density at radius 3 is 2.43 bits per heavy atom. The van der Waals surface area contributed by atoms with Gasteiger partial charge in [-0.3, -0.25) is 4.79 Å². The maximum Gasteiger partial charge on any atom is 0.394 e. The smallest absolute Gasteiger partial charge is 0.394 e. The van der Waals surface area contributed by atoms with Gasteiger partial charge in [0.05, 0.1) is 17.9 Å². The lowest BCUT2D eigenvalue weighted by Gasteiger charge is -2.20. The third-order valence-electron chi connectivity index (χ3n) is 3.61. The van der Waals surface area contributed by atoms with Gasteiger partial charge >= 0.3 is 18.2 Å². The summed E-state index contributed by atoms with van der Waals surface area (Å²) in [5.74, 6) is -5.21. The third kappa shape index (κ3) is 4.48. The molecule has 0 aliphatic carbocycles. The van der Waals surface area contributed by atoms with Crippen molar-refractivity contribution < 1.29 is 32.6 Å². The van der Waals surface area contributed by atoms with Gasteiger partial charge in [0, 0.05) is 26.7 Å². The van der Waals surface area contributed by atoms with Crippen molar-refractivity contribution in [1.82, 2.24) is 10.2 Å². The molecule has 0 spiro atoms. The van der Waals surface area contributed by atoms with E-state index < -0.39 is 43.1 Å². The molecule has 1 heterocycles. The summed E-state index contributed by atoms with van der Waals surface area (Å²) >= 11 is 0. The van der Waals surface area contributed by atoms with Gasteiger partial charge in [-0.25, -0.2) is 4.79 Å². The Labute approximate surface area is 120 Å². The normalized spacial score (nSPS) is 24.0. The minimum Gasteiger partial charge on any atom is -0.481 e. The number of carbonyl (C=O) groups excluding carboxylic acids is 1. The van der Waals surface area contributed by atoms with E-state index in [0.717, 1.165) is 4.90 Å². The summed E-state index contributed by atoms with van der Waals surface area (Å²) in [4.78, 5) is 23.6. The van der Waals surface area contributed by atoms with Gasteiger partial charge in [0.15, 0.2) is 0 Å². The predicted molar refractivity (Wildman–Crippen MR) is 66.7 cm³/mol. The second kappa shape index (κ2) is 6.97. The zero-order chi connectivity index (χ0) is 16.2.